The Morgan fingerprint density at radius 1 is 0.963 bits per heavy atom. The van der Waals surface area contributed by atoms with Gasteiger partial charge in [0, 0.05) is 30.2 Å². The maximum Gasteiger partial charge on any atom is 0.225 e. The fraction of sp³-hybridized carbons (Fsp3) is 0.333. The zero-order valence-corrected chi connectivity index (χ0v) is 16.0. The lowest BCUT2D eigenvalue weighted by Gasteiger charge is -2.28. The van der Waals surface area contributed by atoms with Crippen molar-refractivity contribution < 1.29 is 0 Å². The fourth-order valence-electron chi connectivity index (χ4n) is 3.28. The van der Waals surface area contributed by atoms with Gasteiger partial charge in [-0.2, -0.15) is 0 Å². The minimum atomic E-state index is 0.148. The Morgan fingerprint density at radius 3 is 2.41 bits per heavy atom. The van der Waals surface area contributed by atoms with E-state index < -0.39 is 0 Å². The number of rotatable bonds is 3. The van der Waals surface area contributed by atoms with Crippen LogP contribution in [-0.4, -0.2) is 26.5 Å². The van der Waals surface area contributed by atoms with Crippen LogP contribution in [0.3, 0.4) is 0 Å². The molecular formula is C21H24N6. The number of nitrogens with one attached hydrogen (secondary N) is 1. The number of anilines is 3. The van der Waals surface area contributed by atoms with Crippen molar-refractivity contribution in [3.05, 3.63) is 65.9 Å². The van der Waals surface area contributed by atoms with E-state index in [1.165, 1.54) is 11.1 Å². The van der Waals surface area contributed by atoms with E-state index in [0.717, 1.165) is 36.1 Å². The summed E-state index contributed by atoms with van der Waals surface area (Å²) in [5.74, 6) is 1.63. The lowest BCUT2D eigenvalue weighted by atomic mass is 9.87. The molecule has 6 heteroatoms. The van der Waals surface area contributed by atoms with Crippen LogP contribution in [0.5, 0.6) is 0 Å². The van der Waals surface area contributed by atoms with E-state index in [-0.39, 0.29) is 5.41 Å². The van der Waals surface area contributed by atoms with Gasteiger partial charge in [-0.15, -0.1) is 0 Å². The SMILES string of the molecule is CC(C)(C)c1ccc(Nc2ncnc3c2CCN(c2ncccn2)C3)cc1. The van der Waals surface area contributed by atoms with Gasteiger partial charge in [0.05, 0.1) is 12.2 Å². The summed E-state index contributed by atoms with van der Waals surface area (Å²) >= 11 is 0. The van der Waals surface area contributed by atoms with Crippen molar-refractivity contribution in [3.8, 4) is 0 Å². The monoisotopic (exact) mass is 360 g/mol. The molecule has 0 radical (unpaired) electrons. The topological polar surface area (TPSA) is 66.8 Å². The molecule has 0 fully saturated rings. The maximum atomic E-state index is 4.50. The standard InChI is InChI=1S/C21H24N6/c1-21(2,3)15-5-7-16(8-6-15)26-19-17-9-12-27(13-18(17)24-14-25-19)20-22-10-4-11-23-20/h4-8,10-11,14H,9,12-13H2,1-3H3,(H,24,25,26). The highest BCUT2D eigenvalue weighted by atomic mass is 15.3. The van der Waals surface area contributed by atoms with Crippen molar-refractivity contribution in [1.29, 1.82) is 0 Å². The van der Waals surface area contributed by atoms with Gasteiger partial charge in [-0.25, -0.2) is 19.9 Å². The summed E-state index contributed by atoms with van der Waals surface area (Å²) in [5.41, 5.74) is 4.70. The average Bonchev–Trinajstić information content (AvgIpc) is 2.68. The van der Waals surface area contributed by atoms with E-state index in [4.69, 9.17) is 0 Å². The fourth-order valence-corrected chi connectivity index (χ4v) is 3.28. The molecule has 0 saturated carbocycles. The number of hydrogen-bond donors (Lipinski definition) is 1. The molecule has 0 unspecified atom stereocenters. The second-order valence-electron chi connectivity index (χ2n) is 7.82. The minimum Gasteiger partial charge on any atom is -0.340 e. The van der Waals surface area contributed by atoms with Gasteiger partial charge in [0.1, 0.15) is 12.1 Å². The molecule has 0 atom stereocenters. The number of fused-ring (bicyclic) bond motifs is 1. The highest BCUT2D eigenvalue weighted by Gasteiger charge is 2.22. The Morgan fingerprint density at radius 2 is 1.70 bits per heavy atom. The zero-order valence-electron chi connectivity index (χ0n) is 16.0. The van der Waals surface area contributed by atoms with Gasteiger partial charge in [0.15, 0.2) is 0 Å². The van der Waals surface area contributed by atoms with Gasteiger partial charge < -0.3 is 10.2 Å². The molecule has 27 heavy (non-hydrogen) atoms. The van der Waals surface area contributed by atoms with Gasteiger partial charge in [-0.1, -0.05) is 32.9 Å². The third-order valence-corrected chi connectivity index (χ3v) is 4.86. The molecule has 3 aromatic rings. The molecule has 0 saturated heterocycles. The number of nitrogens with zero attached hydrogens (tertiary/aromatic N) is 5. The summed E-state index contributed by atoms with van der Waals surface area (Å²) < 4.78 is 0. The molecule has 2 aromatic heterocycles. The predicted octanol–water partition coefficient (Wildman–Crippen LogP) is 3.87. The smallest absolute Gasteiger partial charge is 0.225 e. The Balaban J connectivity index is 1.55. The summed E-state index contributed by atoms with van der Waals surface area (Å²) in [4.78, 5) is 19.8. The Kier molecular flexibility index (Phi) is 4.48. The number of benzene rings is 1. The molecule has 138 valence electrons. The van der Waals surface area contributed by atoms with Gasteiger partial charge in [-0.3, -0.25) is 0 Å². The van der Waals surface area contributed by atoms with Crippen LogP contribution < -0.4 is 10.2 Å². The first-order valence-corrected chi connectivity index (χ1v) is 9.23. The molecule has 1 aliphatic heterocycles. The van der Waals surface area contributed by atoms with Crippen LogP contribution in [0, 0.1) is 0 Å². The number of aromatic nitrogens is 4. The number of hydrogen-bond acceptors (Lipinski definition) is 6. The summed E-state index contributed by atoms with van der Waals surface area (Å²) in [7, 11) is 0. The van der Waals surface area contributed by atoms with Crippen molar-refractivity contribution in [2.45, 2.75) is 39.2 Å². The van der Waals surface area contributed by atoms with E-state index in [1.807, 2.05) is 6.07 Å². The van der Waals surface area contributed by atoms with Crippen LogP contribution in [0.15, 0.2) is 49.1 Å². The minimum absolute atomic E-state index is 0.148. The van der Waals surface area contributed by atoms with Gasteiger partial charge in [0.2, 0.25) is 5.95 Å². The second kappa shape index (κ2) is 6.95. The van der Waals surface area contributed by atoms with Crippen LogP contribution in [0.2, 0.25) is 0 Å². The predicted molar refractivity (Wildman–Crippen MR) is 107 cm³/mol. The third kappa shape index (κ3) is 3.74. The first kappa shape index (κ1) is 17.4. The first-order valence-electron chi connectivity index (χ1n) is 9.23. The van der Waals surface area contributed by atoms with Crippen LogP contribution in [0.25, 0.3) is 0 Å². The summed E-state index contributed by atoms with van der Waals surface area (Å²) in [6, 6.07) is 10.4. The van der Waals surface area contributed by atoms with Crippen LogP contribution in [0.1, 0.15) is 37.6 Å². The van der Waals surface area contributed by atoms with Crippen molar-refractivity contribution in [1.82, 2.24) is 19.9 Å². The van der Waals surface area contributed by atoms with Gasteiger partial charge >= 0.3 is 0 Å². The van der Waals surface area contributed by atoms with Crippen LogP contribution in [-0.2, 0) is 18.4 Å². The van der Waals surface area contributed by atoms with E-state index in [1.54, 1.807) is 18.7 Å². The molecule has 0 aliphatic carbocycles. The third-order valence-electron chi connectivity index (χ3n) is 4.86. The van der Waals surface area contributed by atoms with Crippen molar-refractivity contribution in [2.75, 3.05) is 16.8 Å². The zero-order chi connectivity index (χ0) is 18.9. The normalized spacial score (nSPS) is 14.0. The van der Waals surface area contributed by atoms with E-state index in [9.17, 15) is 0 Å². The van der Waals surface area contributed by atoms with Crippen molar-refractivity contribution in [3.63, 3.8) is 0 Å². The summed E-state index contributed by atoms with van der Waals surface area (Å²) in [5, 5.41) is 3.46. The molecule has 3 heterocycles. The summed E-state index contributed by atoms with van der Waals surface area (Å²) in [6.07, 6.45) is 6.02. The second-order valence-corrected chi connectivity index (χ2v) is 7.82. The lowest BCUT2D eigenvalue weighted by molar-refractivity contribution is 0.590. The van der Waals surface area contributed by atoms with E-state index in [0.29, 0.717) is 6.54 Å². The maximum absolute atomic E-state index is 4.50. The molecule has 6 nitrogen and oxygen atoms in total. The van der Waals surface area contributed by atoms with Crippen molar-refractivity contribution >= 4 is 17.5 Å². The summed E-state index contributed by atoms with van der Waals surface area (Å²) in [6.45, 7) is 8.21. The molecule has 4 rings (SSSR count). The molecule has 1 aromatic carbocycles. The molecular weight excluding hydrogens is 336 g/mol. The highest BCUT2D eigenvalue weighted by Crippen LogP contribution is 2.28. The molecule has 0 bridgehead atoms. The Labute approximate surface area is 159 Å². The van der Waals surface area contributed by atoms with Crippen molar-refractivity contribution in [2.24, 2.45) is 0 Å². The molecule has 0 spiro atoms. The Bertz CT molecular complexity index is 916. The molecule has 0 amide bonds. The highest BCUT2D eigenvalue weighted by molar-refractivity contribution is 5.61. The van der Waals surface area contributed by atoms with E-state index in [2.05, 4.69) is 75.2 Å². The van der Waals surface area contributed by atoms with Crippen LogP contribution in [0.4, 0.5) is 17.5 Å². The largest absolute Gasteiger partial charge is 0.340 e. The van der Waals surface area contributed by atoms with Crippen LogP contribution >= 0.6 is 0 Å². The van der Waals surface area contributed by atoms with Gasteiger partial charge in [0.25, 0.3) is 0 Å². The quantitative estimate of drug-likeness (QED) is 0.765. The van der Waals surface area contributed by atoms with Gasteiger partial charge in [-0.05, 0) is 35.6 Å². The average molecular weight is 360 g/mol. The molecule has 1 aliphatic rings. The first-order chi connectivity index (χ1) is 13.0. The lowest BCUT2D eigenvalue weighted by Crippen LogP contribution is -2.33. The Hall–Kier alpha value is -3.02. The molecule has 1 N–H and O–H groups in total. The van der Waals surface area contributed by atoms with E-state index >= 15 is 0 Å².